The summed E-state index contributed by atoms with van der Waals surface area (Å²) < 4.78 is 0. The lowest BCUT2D eigenvalue weighted by Crippen LogP contribution is -2.35. The summed E-state index contributed by atoms with van der Waals surface area (Å²) in [6, 6.07) is 0. The molecule has 2 aromatic rings. The zero-order valence-electron chi connectivity index (χ0n) is 13.2. The molecule has 0 spiro atoms. The number of aromatic nitrogens is 3. The van der Waals surface area contributed by atoms with Crippen LogP contribution in [-0.4, -0.2) is 33.1 Å². The van der Waals surface area contributed by atoms with Gasteiger partial charge < -0.3 is 20.7 Å². The van der Waals surface area contributed by atoms with E-state index in [0.717, 1.165) is 41.2 Å². The third kappa shape index (κ3) is 2.44. The lowest BCUT2D eigenvalue weighted by molar-refractivity contribution is 0.431. The topological polar surface area (TPSA) is 91.1 Å². The average Bonchev–Trinajstić information content (AvgIpc) is 2.77. The molecule has 2 aliphatic rings. The van der Waals surface area contributed by atoms with Crippen LogP contribution in [0.1, 0.15) is 31.0 Å². The molecule has 6 nitrogen and oxygen atoms in total. The van der Waals surface area contributed by atoms with Crippen LogP contribution in [0.2, 0.25) is 0 Å². The summed E-state index contributed by atoms with van der Waals surface area (Å²) >= 11 is 0. The van der Waals surface area contributed by atoms with E-state index in [9.17, 15) is 5.11 Å². The van der Waals surface area contributed by atoms with Crippen molar-refractivity contribution in [1.82, 2.24) is 15.0 Å². The molecule has 1 aliphatic carbocycles. The van der Waals surface area contributed by atoms with E-state index in [2.05, 4.69) is 26.8 Å². The average molecular weight is 311 g/mol. The van der Waals surface area contributed by atoms with E-state index in [0.29, 0.717) is 18.3 Å². The number of aliphatic hydroxyl groups excluding tert-OH is 1. The zero-order valence-corrected chi connectivity index (χ0v) is 13.2. The Balaban J connectivity index is 1.90. The Morgan fingerprint density at radius 2 is 2.22 bits per heavy atom. The number of nitrogens with one attached hydrogen (secondary N) is 1. The molecule has 0 saturated carbocycles. The molecule has 23 heavy (non-hydrogen) atoms. The number of aromatic amines is 1. The van der Waals surface area contributed by atoms with Crippen molar-refractivity contribution in [2.45, 2.75) is 26.2 Å². The van der Waals surface area contributed by atoms with Crippen LogP contribution in [0.3, 0.4) is 0 Å². The van der Waals surface area contributed by atoms with Crippen molar-refractivity contribution in [1.29, 1.82) is 0 Å². The van der Waals surface area contributed by atoms with Gasteiger partial charge in [0.1, 0.15) is 17.2 Å². The molecular formula is C17H21N5O. The summed E-state index contributed by atoms with van der Waals surface area (Å²) in [5, 5.41) is 10.8. The second-order valence-electron chi connectivity index (χ2n) is 6.51. The smallest absolute Gasteiger partial charge is 0.223 e. The van der Waals surface area contributed by atoms with E-state index in [1.54, 1.807) is 6.08 Å². The lowest BCUT2D eigenvalue weighted by atomic mass is 9.99. The zero-order chi connectivity index (χ0) is 16.0. The van der Waals surface area contributed by atoms with Crippen molar-refractivity contribution in [3.05, 3.63) is 29.2 Å². The van der Waals surface area contributed by atoms with Crippen LogP contribution in [0, 0.1) is 5.92 Å². The minimum Gasteiger partial charge on any atom is -0.508 e. The molecule has 6 heteroatoms. The van der Waals surface area contributed by atoms with E-state index in [-0.39, 0.29) is 5.76 Å². The number of hydrogen-bond donors (Lipinski definition) is 3. The summed E-state index contributed by atoms with van der Waals surface area (Å²) in [6.07, 6.45) is 8.46. The fourth-order valence-corrected chi connectivity index (χ4v) is 3.58. The fourth-order valence-electron chi connectivity index (χ4n) is 3.58. The van der Waals surface area contributed by atoms with Crippen molar-refractivity contribution >= 4 is 28.9 Å². The van der Waals surface area contributed by atoms with Crippen LogP contribution in [-0.2, 0) is 6.42 Å². The van der Waals surface area contributed by atoms with Gasteiger partial charge in [-0.25, -0.2) is 0 Å². The maximum atomic E-state index is 9.75. The Labute approximate surface area is 134 Å². The standard InChI is InChI=1S/C17H21N5O/c1-10-3-2-8-22(9-10)16-14-12-6-4-11(23)5-7-13(12)19-15(14)20-17(18)21-16/h4-5,7,10,23H,2-3,6,8-9H2,1H3,(H3,18,19,20,21). The van der Waals surface area contributed by atoms with E-state index in [1.165, 1.54) is 12.8 Å². The van der Waals surface area contributed by atoms with E-state index < -0.39 is 0 Å². The van der Waals surface area contributed by atoms with Crippen molar-refractivity contribution in [2.24, 2.45) is 5.92 Å². The highest BCUT2D eigenvalue weighted by Crippen LogP contribution is 2.34. The molecule has 1 aliphatic heterocycles. The van der Waals surface area contributed by atoms with Crippen molar-refractivity contribution in [3.63, 3.8) is 0 Å². The first kappa shape index (κ1) is 14.1. The molecule has 0 radical (unpaired) electrons. The quantitative estimate of drug-likeness (QED) is 0.753. The first-order valence-corrected chi connectivity index (χ1v) is 8.12. The van der Waals surface area contributed by atoms with Crippen molar-refractivity contribution in [2.75, 3.05) is 23.7 Å². The molecule has 3 heterocycles. The third-order valence-electron chi connectivity index (χ3n) is 4.68. The minimum absolute atomic E-state index is 0.284. The normalized spacial score (nSPS) is 21.2. The predicted octanol–water partition coefficient (Wildman–Crippen LogP) is 2.79. The van der Waals surface area contributed by atoms with Gasteiger partial charge in [0.05, 0.1) is 5.39 Å². The van der Waals surface area contributed by atoms with Crippen LogP contribution in [0.15, 0.2) is 17.9 Å². The molecule has 0 bridgehead atoms. The highest BCUT2D eigenvalue weighted by molar-refractivity contribution is 5.95. The Hall–Kier alpha value is -2.50. The number of H-pyrrole nitrogens is 1. The van der Waals surface area contributed by atoms with E-state index >= 15 is 0 Å². The molecule has 4 rings (SSSR count). The maximum Gasteiger partial charge on any atom is 0.223 e. The summed E-state index contributed by atoms with van der Waals surface area (Å²) in [6.45, 7) is 4.25. The van der Waals surface area contributed by atoms with Gasteiger partial charge in [-0.15, -0.1) is 0 Å². The SMILES string of the molecule is CC1CCCN(c2nc(N)nc3[nH]c4c(c23)CC=C(O)C=C4)C1. The van der Waals surface area contributed by atoms with Gasteiger partial charge in [0.2, 0.25) is 5.95 Å². The van der Waals surface area contributed by atoms with E-state index in [1.807, 2.05) is 12.2 Å². The molecule has 1 unspecified atom stereocenters. The van der Waals surface area contributed by atoms with Gasteiger partial charge in [-0.05, 0) is 49.0 Å². The number of allylic oxidation sites excluding steroid dienone is 2. The van der Waals surface area contributed by atoms with Gasteiger partial charge >= 0.3 is 0 Å². The summed E-state index contributed by atoms with van der Waals surface area (Å²) in [7, 11) is 0. The van der Waals surface area contributed by atoms with Gasteiger partial charge in [0.25, 0.3) is 0 Å². The number of piperidine rings is 1. The number of aliphatic hydroxyl groups is 1. The van der Waals surface area contributed by atoms with Gasteiger partial charge in [0.15, 0.2) is 0 Å². The number of anilines is 2. The molecule has 4 N–H and O–H groups in total. The van der Waals surface area contributed by atoms with Gasteiger partial charge in [-0.1, -0.05) is 6.92 Å². The monoisotopic (exact) mass is 311 g/mol. The molecule has 120 valence electrons. The van der Waals surface area contributed by atoms with E-state index in [4.69, 9.17) is 5.73 Å². The molecule has 1 saturated heterocycles. The predicted molar refractivity (Wildman–Crippen MR) is 92.4 cm³/mol. The van der Waals surface area contributed by atoms with Crippen LogP contribution in [0.5, 0.6) is 0 Å². The number of hydrogen-bond acceptors (Lipinski definition) is 5. The Morgan fingerprint density at radius 3 is 3.04 bits per heavy atom. The molecule has 0 aromatic carbocycles. The lowest BCUT2D eigenvalue weighted by Gasteiger charge is -2.32. The largest absolute Gasteiger partial charge is 0.508 e. The summed E-state index contributed by atoms with van der Waals surface area (Å²) in [5.74, 6) is 2.15. The number of nitrogens with two attached hydrogens (primary N) is 1. The number of fused-ring (bicyclic) bond motifs is 3. The van der Waals surface area contributed by atoms with Crippen molar-refractivity contribution in [3.8, 4) is 0 Å². The molecule has 1 fully saturated rings. The van der Waals surface area contributed by atoms with Crippen LogP contribution < -0.4 is 10.6 Å². The van der Waals surface area contributed by atoms with Gasteiger partial charge in [-0.3, -0.25) is 0 Å². The van der Waals surface area contributed by atoms with Crippen molar-refractivity contribution < 1.29 is 5.11 Å². The van der Waals surface area contributed by atoms with Crippen LogP contribution >= 0.6 is 0 Å². The van der Waals surface area contributed by atoms with Crippen LogP contribution in [0.4, 0.5) is 11.8 Å². The van der Waals surface area contributed by atoms with Crippen LogP contribution in [0.25, 0.3) is 17.1 Å². The molecule has 0 amide bonds. The Bertz CT molecular complexity index is 820. The second-order valence-corrected chi connectivity index (χ2v) is 6.51. The molecular weight excluding hydrogens is 290 g/mol. The highest BCUT2D eigenvalue weighted by atomic mass is 16.3. The van der Waals surface area contributed by atoms with Gasteiger partial charge in [-0.2, -0.15) is 9.97 Å². The maximum absolute atomic E-state index is 9.75. The first-order valence-electron chi connectivity index (χ1n) is 8.12. The number of nitrogen functional groups attached to an aromatic ring is 1. The molecule has 1 atom stereocenters. The number of nitrogens with zero attached hydrogens (tertiary/aromatic N) is 3. The second kappa shape index (κ2) is 5.30. The first-order chi connectivity index (χ1) is 11.1. The highest BCUT2D eigenvalue weighted by Gasteiger charge is 2.24. The Morgan fingerprint density at radius 1 is 1.35 bits per heavy atom. The Kier molecular flexibility index (Phi) is 3.25. The number of rotatable bonds is 1. The van der Waals surface area contributed by atoms with Gasteiger partial charge in [0, 0.05) is 18.8 Å². The fraction of sp³-hybridized carbons (Fsp3) is 0.412. The molecule has 2 aromatic heterocycles. The third-order valence-corrected chi connectivity index (χ3v) is 4.68. The minimum atomic E-state index is 0.284. The summed E-state index contributed by atoms with van der Waals surface area (Å²) in [4.78, 5) is 14.6. The summed E-state index contributed by atoms with van der Waals surface area (Å²) in [5.41, 5.74) is 8.79.